The minimum absolute atomic E-state index is 0.0185. The molecule has 7 heteroatoms. The average molecular weight is 265 g/mol. The fourth-order valence-electron chi connectivity index (χ4n) is 1.31. The smallest absolute Gasteiger partial charge is 0.379 e. The van der Waals surface area contributed by atoms with Gasteiger partial charge in [-0.25, -0.2) is 4.79 Å². The maximum absolute atomic E-state index is 11.3. The second-order valence-electron chi connectivity index (χ2n) is 3.39. The number of nitro groups is 1. The Labute approximate surface area is 108 Å². The van der Waals surface area contributed by atoms with Crippen LogP contribution in [0.25, 0.3) is 5.76 Å². The Morgan fingerprint density at radius 3 is 2.63 bits per heavy atom. The average Bonchev–Trinajstić information content (AvgIpc) is 2.38. The normalized spacial score (nSPS) is 10.9. The first-order valence-electron chi connectivity index (χ1n) is 5.33. The molecule has 0 aliphatic rings. The van der Waals surface area contributed by atoms with Crippen molar-refractivity contribution in [2.75, 3.05) is 6.61 Å². The maximum Gasteiger partial charge on any atom is 0.379 e. The summed E-state index contributed by atoms with van der Waals surface area (Å²) in [7, 11) is 0. The molecular formula is C12H11NO6. The molecular weight excluding hydrogens is 254 g/mol. The van der Waals surface area contributed by atoms with Crippen molar-refractivity contribution in [3.05, 3.63) is 46.0 Å². The standard InChI is InChI=1S/C12H11NO6/c1-2-19-12(16)11(15)7-10(14)8-5-3-4-6-9(8)13(17)18/h3-7,14H,2H2,1H3/b10-7-. The molecule has 19 heavy (non-hydrogen) atoms. The first-order valence-corrected chi connectivity index (χ1v) is 5.33. The molecule has 0 amide bonds. The highest BCUT2D eigenvalue weighted by Crippen LogP contribution is 2.23. The van der Waals surface area contributed by atoms with Crippen molar-refractivity contribution in [3.8, 4) is 0 Å². The van der Waals surface area contributed by atoms with E-state index in [0.717, 1.165) is 0 Å². The lowest BCUT2D eigenvalue weighted by Crippen LogP contribution is -2.15. The molecule has 0 spiro atoms. The van der Waals surface area contributed by atoms with Crippen molar-refractivity contribution >= 4 is 23.2 Å². The van der Waals surface area contributed by atoms with E-state index in [0.29, 0.717) is 6.08 Å². The first kappa shape index (κ1) is 14.4. The molecule has 0 radical (unpaired) electrons. The van der Waals surface area contributed by atoms with Crippen molar-refractivity contribution < 1.29 is 24.4 Å². The summed E-state index contributed by atoms with van der Waals surface area (Å²) in [5, 5.41) is 20.4. The molecule has 1 aromatic rings. The minimum atomic E-state index is -1.13. The summed E-state index contributed by atoms with van der Waals surface area (Å²) in [6, 6.07) is 5.32. The van der Waals surface area contributed by atoms with E-state index >= 15 is 0 Å². The second kappa shape index (κ2) is 6.29. The van der Waals surface area contributed by atoms with Gasteiger partial charge in [0.25, 0.3) is 11.5 Å². The van der Waals surface area contributed by atoms with E-state index in [-0.39, 0.29) is 17.9 Å². The van der Waals surface area contributed by atoms with Crippen LogP contribution in [0, 0.1) is 10.1 Å². The molecule has 7 nitrogen and oxygen atoms in total. The number of ether oxygens (including phenoxy) is 1. The van der Waals surface area contributed by atoms with Crippen LogP contribution in [-0.4, -0.2) is 28.4 Å². The lowest BCUT2D eigenvalue weighted by molar-refractivity contribution is -0.385. The number of carbonyl (C=O) groups excluding carboxylic acids is 2. The molecule has 0 bridgehead atoms. The SMILES string of the molecule is CCOC(=O)C(=O)/C=C(\O)c1ccccc1[N+](=O)[O-]. The van der Waals surface area contributed by atoms with E-state index in [9.17, 15) is 24.8 Å². The quantitative estimate of drug-likeness (QED) is 0.216. The summed E-state index contributed by atoms with van der Waals surface area (Å²) in [4.78, 5) is 32.4. The molecule has 1 aromatic carbocycles. The molecule has 0 aliphatic heterocycles. The number of hydrogen-bond acceptors (Lipinski definition) is 6. The van der Waals surface area contributed by atoms with Crippen LogP contribution in [-0.2, 0) is 14.3 Å². The van der Waals surface area contributed by atoms with E-state index in [4.69, 9.17) is 0 Å². The van der Waals surface area contributed by atoms with Crippen molar-refractivity contribution in [1.29, 1.82) is 0 Å². The molecule has 0 aliphatic carbocycles. The zero-order valence-corrected chi connectivity index (χ0v) is 10.0. The van der Waals surface area contributed by atoms with Gasteiger partial charge in [-0.1, -0.05) is 12.1 Å². The van der Waals surface area contributed by atoms with Crippen LogP contribution in [0.2, 0.25) is 0 Å². The van der Waals surface area contributed by atoms with Gasteiger partial charge in [-0.2, -0.15) is 0 Å². The third-order valence-electron chi connectivity index (χ3n) is 2.12. The minimum Gasteiger partial charge on any atom is -0.507 e. The fraction of sp³-hybridized carbons (Fsp3) is 0.167. The Balaban J connectivity index is 3.07. The number of hydrogen-bond donors (Lipinski definition) is 1. The van der Waals surface area contributed by atoms with E-state index in [2.05, 4.69) is 4.74 Å². The number of aliphatic hydroxyl groups excluding tert-OH is 1. The van der Waals surface area contributed by atoms with E-state index < -0.39 is 22.4 Å². The number of para-hydroxylation sites is 1. The number of nitrogens with zero attached hydrogens (tertiary/aromatic N) is 1. The van der Waals surface area contributed by atoms with Crippen LogP contribution < -0.4 is 0 Å². The predicted molar refractivity (Wildman–Crippen MR) is 65.3 cm³/mol. The van der Waals surface area contributed by atoms with Gasteiger partial charge in [0, 0.05) is 12.1 Å². The van der Waals surface area contributed by atoms with Gasteiger partial charge in [-0.15, -0.1) is 0 Å². The molecule has 0 saturated carbocycles. The molecule has 100 valence electrons. The Kier molecular flexibility index (Phi) is 4.76. The Bertz CT molecular complexity index is 549. The van der Waals surface area contributed by atoms with Crippen LogP contribution in [0.4, 0.5) is 5.69 Å². The van der Waals surface area contributed by atoms with Crippen LogP contribution in [0.15, 0.2) is 30.3 Å². The molecule has 0 heterocycles. The number of ketones is 1. The van der Waals surface area contributed by atoms with Gasteiger partial charge in [0.15, 0.2) is 0 Å². The Hall–Kier alpha value is -2.70. The Morgan fingerprint density at radius 2 is 2.05 bits per heavy atom. The maximum atomic E-state index is 11.3. The predicted octanol–water partition coefficient (Wildman–Crippen LogP) is 1.63. The van der Waals surface area contributed by atoms with Crippen molar-refractivity contribution in [2.24, 2.45) is 0 Å². The summed E-state index contributed by atoms with van der Waals surface area (Å²) in [5.41, 5.74) is -0.516. The van der Waals surface area contributed by atoms with E-state index in [1.54, 1.807) is 0 Å². The number of carbonyl (C=O) groups is 2. The van der Waals surface area contributed by atoms with Crippen molar-refractivity contribution in [2.45, 2.75) is 6.92 Å². The molecule has 0 saturated heterocycles. The zero-order chi connectivity index (χ0) is 14.4. The summed E-state index contributed by atoms with van der Waals surface area (Å²) in [5.74, 6) is -2.88. The highest BCUT2D eigenvalue weighted by atomic mass is 16.6. The number of aliphatic hydroxyl groups is 1. The van der Waals surface area contributed by atoms with Crippen LogP contribution >= 0.6 is 0 Å². The second-order valence-corrected chi connectivity index (χ2v) is 3.39. The fourth-order valence-corrected chi connectivity index (χ4v) is 1.31. The zero-order valence-electron chi connectivity index (χ0n) is 10.0. The van der Waals surface area contributed by atoms with Crippen molar-refractivity contribution in [1.82, 2.24) is 0 Å². The monoisotopic (exact) mass is 265 g/mol. The summed E-state index contributed by atoms with van der Waals surface area (Å²) < 4.78 is 4.44. The van der Waals surface area contributed by atoms with Gasteiger partial charge < -0.3 is 9.84 Å². The van der Waals surface area contributed by atoms with Gasteiger partial charge in [0.1, 0.15) is 5.76 Å². The van der Waals surface area contributed by atoms with E-state index in [1.807, 2.05) is 0 Å². The van der Waals surface area contributed by atoms with Gasteiger partial charge in [0.2, 0.25) is 0 Å². The van der Waals surface area contributed by atoms with Gasteiger partial charge in [0.05, 0.1) is 17.1 Å². The molecule has 0 fully saturated rings. The van der Waals surface area contributed by atoms with Gasteiger partial charge in [-0.05, 0) is 13.0 Å². The molecule has 0 aromatic heterocycles. The molecule has 1 rings (SSSR count). The highest BCUT2D eigenvalue weighted by molar-refractivity contribution is 6.39. The summed E-state index contributed by atoms with van der Waals surface area (Å²) >= 11 is 0. The van der Waals surface area contributed by atoms with Crippen LogP contribution in [0.5, 0.6) is 0 Å². The van der Waals surface area contributed by atoms with E-state index in [1.165, 1.54) is 31.2 Å². The number of esters is 1. The van der Waals surface area contributed by atoms with Crippen LogP contribution in [0.3, 0.4) is 0 Å². The largest absolute Gasteiger partial charge is 0.507 e. The summed E-state index contributed by atoms with van der Waals surface area (Å²) in [6.45, 7) is 1.54. The lowest BCUT2D eigenvalue weighted by Gasteiger charge is -2.01. The number of nitro benzene ring substituents is 1. The highest BCUT2D eigenvalue weighted by Gasteiger charge is 2.19. The third kappa shape index (κ3) is 3.63. The first-order chi connectivity index (χ1) is 8.97. The van der Waals surface area contributed by atoms with Gasteiger partial charge in [-0.3, -0.25) is 14.9 Å². The number of benzene rings is 1. The topological polar surface area (TPSA) is 107 Å². The Morgan fingerprint density at radius 1 is 1.42 bits per heavy atom. The summed E-state index contributed by atoms with van der Waals surface area (Å²) in [6.07, 6.45) is 0.598. The number of rotatable bonds is 5. The molecule has 1 N–H and O–H groups in total. The van der Waals surface area contributed by atoms with Crippen LogP contribution in [0.1, 0.15) is 12.5 Å². The van der Waals surface area contributed by atoms with Gasteiger partial charge >= 0.3 is 5.97 Å². The van der Waals surface area contributed by atoms with Crippen molar-refractivity contribution in [3.63, 3.8) is 0 Å². The lowest BCUT2D eigenvalue weighted by atomic mass is 10.1. The third-order valence-corrected chi connectivity index (χ3v) is 2.12. The molecule has 0 unspecified atom stereocenters. The molecule has 0 atom stereocenters.